The topological polar surface area (TPSA) is 75.4 Å². The van der Waals surface area contributed by atoms with Crippen LogP contribution in [0.15, 0.2) is 29.2 Å². The van der Waals surface area contributed by atoms with Crippen molar-refractivity contribution >= 4 is 10.0 Å². The summed E-state index contributed by atoms with van der Waals surface area (Å²) >= 11 is 0. The highest BCUT2D eigenvalue weighted by molar-refractivity contribution is 7.89. The van der Waals surface area contributed by atoms with Gasteiger partial charge >= 0.3 is 0 Å². The highest BCUT2D eigenvalue weighted by Gasteiger charge is 2.36. The van der Waals surface area contributed by atoms with Crippen LogP contribution < -0.4 is 10.5 Å². The highest BCUT2D eigenvalue weighted by Crippen LogP contribution is 2.28. The molecule has 2 unspecified atom stereocenters. The average Bonchev–Trinajstić information content (AvgIpc) is 2.48. The molecule has 0 saturated carbocycles. The molecule has 21 heavy (non-hydrogen) atoms. The summed E-state index contributed by atoms with van der Waals surface area (Å²) in [7, 11) is -3.47. The van der Waals surface area contributed by atoms with Gasteiger partial charge in [-0.1, -0.05) is 12.1 Å². The van der Waals surface area contributed by atoms with E-state index in [-0.39, 0.29) is 12.1 Å². The van der Waals surface area contributed by atoms with Gasteiger partial charge in [0, 0.05) is 18.6 Å². The van der Waals surface area contributed by atoms with Crippen molar-refractivity contribution < 1.29 is 8.42 Å². The number of rotatable bonds is 4. The monoisotopic (exact) mass is 309 g/mol. The SMILES string of the molecule is CC(N)c1cccc(S(=O)(=O)NC2CN3CCC2CC3)c1. The number of nitrogens with zero attached hydrogens (tertiary/aromatic N) is 1. The smallest absolute Gasteiger partial charge is 0.240 e. The molecule has 0 radical (unpaired) electrons. The second-order valence-corrected chi connectivity index (χ2v) is 7.94. The molecule has 3 saturated heterocycles. The van der Waals surface area contributed by atoms with Gasteiger partial charge in [0.2, 0.25) is 10.0 Å². The molecule has 1 aromatic carbocycles. The van der Waals surface area contributed by atoms with Gasteiger partial charge in [-0.15, -0.1) is 0 Å². The quantitative estimate of drug-likeness (QED) is 0.872. The number of hydrogen-bond donors (Lipinski definition) is 2. The first-order valence-electron chi connectivity index (χ1n) is 7.56. The number of piperidine rings is 3. The molecule has 6 heteroatoms. The molecule has 0 spiro atoms. The predicted octanol–water partition coefficient (Wildman–Crippen LogP) is 1.08. The van der Waals surface area contributed by atoms with Crippen molar-refractivity contribution in [3.63, 3.8) is 0 Å². The van der Waals surface area contributed by atoms with Gasteiger partial charge in [0.1, 0.15) is 0 Å². The molecule has 0 amide bonds. The van der Waals surface area contributed by atoms with Crippen molar-refractivity contribution in [3.8, 4) is 0 Å². The number of nitrogens with two attached hydrogens (primary N) is 1. The zero-order chi connectivity index (χ0) is 15.0. The van der Waals surface area contributed by atoms with Crippen LogP contribution >= 0.6 is 0 Å². The Bertz CT molecular complexity index is 607. The van der Waals surface area contributed by atoms with E-state index in [9.17, 15) is 8.42 Å². The number of sulfonamides is 1. The van der Waals surface area contributed by atoms with Gasteiger partial charge in [-0.05, 0) is 56.5 Å². The third-order valence-electron chi connectivity index (χ3n) is 4.66. The van der Waals surface area contributed by atoms with Crippen LogP contribution in [0.3, 0.4) is 0 Å². The van der Waals surface area contributed by atoms with Gasteiger partial charge in [0.25, 0.3) is 0 Å². The molecule has 5 nitrogen and oxygen atoms in total. The van der Waals surface area contributed by atoms with E-state index in [1.807, 2.05) is 13.0 Å². The average molecular weight is 309 g/mol. The van der Waals surface area contributed by atoms with Crippen LogP contribution in [-0.4, -0.2) is 39.0 Å². The predicted molar refractivity (Wildman–Crippen MR) is 82.3 cm³/mol. The third-order valence-corrected chi connectivity index (χ3v) is 6.14. The lowest BCUT2D eigenvalue weighted by Gasteiger charge is -2.44. The van der Waals surface area contributed by atoms with Crippen molar-refractivity contribution in [2.24, 2.45) is 11.7 Å². The Hall–Kier alpha value is -0.950. The molecule has 116 valence electrons. The molecule has 1 aromatic rings. The molecule has 0 aromatic heterocycles. The normalized spacial score (nSPS) is 30.3. The van der Waals surface area contributed by atoms with Gasteiger partial charge in [-0.3, -0.25) is 0 Å². The van der Waals surface area contributed by atoms with E-state index in [2.05, 4.69) is 9.62 Å². The molecule has 3 N–H and O–H groups in total. The molecular formula is C15H23N3O2S. The number of hydrogen-bond acceptors (Lipinski definition) is 4. The maximum atomic E-state index is 12.6. The van der Waals surface area contributed by atoms with Gasteiger partial charge in [0.15, 0.2) is 0 Å². The molecule has 0 aliphatic carbocycles. The van der Waals surface area contributed by atoms with Gasteiger partial charge in [-0.25, -0.2) is 13.1 Å². The molecular weight excluding hydrogens is 286 g/mol. The van der Waals surface area contributed by atoms with Crippen molar-refractivity contribution in [1.29, 1.82) is 0 Å². The maximum Gasteiger partial charge on any atom is 0.240 e. The van der Waals surface area contributed by atoms with Crippen LogP contribution in [0.2, 0.25) is 0 Å². The molecule has 3 aliphatic rings. The Labute approximate surface area is 126 Å². The van der Waals surface area contributed by atoms with Crippen molar-refractivity contribution in [3.05, 3.63) is 29.8 Å². The Kier molecular flexibility index (Phi) is 4.05. The Balaban J connectivity index is 1.79. The standard InChI is InChI=1S/C15H23N3O2S/c1-11(16)13-3-2-4-14(9-13)21(19,20)17-15-10-18-7-5-12(15)6-8-18/h2-4,9,11-12,15,17H,5-8,10,16H2,1H3. The van der Waals surface area contributed by atoms with E-state index in [0.717, 1.165) is 38.0 Å². The largest absolute Gasteiger partial charge is 0.324 e. The van der Waals surface area contributed by atoms with Crippen LogP contribution in [0, 0.1) is 5.92 Å². The second-order valence-electron chi connectivity index (χ2n) is 6.23. The third kappa shape index (κ3) is 3.13. The summed E-state index contributed by atoms with van der Waals surface area (Å²) in [6.45, 7) is 4.88. The van der Waals surface area contributed by atoms with Crippen LogP contribution in [0.4, 0.5) is 0 Å². The Morgan fingerprint density at radius 2 is 2.05 bits per heavy atom. The van der Waals surface area contributed by atoms with E-state index < -0.39 is 10.0 Å². The molecule has 3 heterocycles. The fraction of sp³-hybridized carbons (Fsp3) is 0.600. The van der Waals surface area contributed by atoms with E-state index in [0.29, 0.717) is 10.8 Å². The van der Waals surface area contributed by atoms with Crippen LogP contribution in [0.25, 0.3) is 0 Å². The highest BCUT2D eigenvalue weighted by atomic mass is 32.2. The van der Waals surface area contributed by atoms with E-state index in [1.165, 1.54) is 0 Å². The van der Waals surface area contributed by atoms with Crippen molar-refractivity contribution in [1.82, 2.24) is 9.62 Å². The fourth-order valence-corrected chi connectivity index (χ4v) is 4.68. The summed E-state index contributed by atoms with van der Waals surface area (Å²) in [6.07, 6.45) is 2.18. The van der Waals surface area contributed by atoms with Crippen LogP contribution in [0.5, 0.6) is 0 Å². The molecule has 2 bridgehead atoms. The van der Waals surface area contributed by atoms with Crippen LogP contribution in [0.1, 0.15) is 31.4 Å². The summed E-state index contributed by atoms with van der Waals surface area (Å²) in [5.41, 5.74) is 6.68. The zero-order valence-electron chi connectivity index (χ0n) is 12.3. The van der Waals surface area contributed by atoms with Gasteiger partial charge in [0.05, 0.1) is 4.90 Å². The molecule has 4 rings (SSSR count). The van der Waals surface area contributed by atoms with E-state index >= 15 is 0 Å². The summed E-state index contributed by atoms with van der Waals surface area (Å²) in [5.74, 6) is 0.474. The lowest BCUT2D eigenvalue weighted by atomic mass is 9.85. The second kappa shape index (κ2) is 5.68. The molecule has 2 atom stereocenters. The summed E-state index contributed by atoms with van der Waals surface area (Å²) in [6, 6.07) is 6.79. The van der Waals surface area contributed by atoms with Crippen molar-refractivity contribution in [2.75, 3.05) is 19.6 Å². The van der Waals surface area contributed by atoms with Gasteiger partial charge < -0.3 is 10.6 Å². The first kappa shape index (κ1) is 15.0. The summed E-state index contributed by atoms with van der Waals surface area (Å²) < 4.78 is 28.1. The van der Waals surface area contributed by atoms with Gasteiger partial charge in [-0.2, -0.15) is 0 Å². The zero-order valence-corrected chi connectivity index (χ0v) is 13.1. The van der Waals surface area contributed by atoms with Crippen LogP contribution in [-0.2, 0) is 10.0 Å². The fourth-order valence-electron chi connectivity index (χ4n) is 3.33. The first-order chi connectivity index (χ1) is 9.95. The summed E-state index contributed by atoms with van der Waals surface area (Å²) in [4.78, 5) is 2.65. The Morgan fingerprint density at radius 3 is 2.62 bits per heavy atom. The maximum absolute atomic E-state index is 12.6. The van der Waals surface area contributed by atoms with Crippen molar-refractivity contribution in [2.45, 2.75) is 36.7 Å². The minimum absolute atomic E-state index is 0.0384. The molecule has 3 fully saturated rings. The minimum Gasteiger partial charge on any atom is -0.324 e. The Morgan fingerprint density at radius 1 is 1.33 bits per heavy atom. The lowest BCUT2D eigenvalue weighted by molar-refractivity contribution is 0.0827. The number of nitrogens with one attached hydrogen (secondary N) is 1. The number of benzene rings is 1. The van der Waals surface area contributed by atoms with E-state index in [1.54, 1.807) is 18.2 Å². The molecule has 3 aliphatic heterocycles. The minimum atomic E-state index is -3.47. The van der Waals surface area contributed by atoms with E-state index in [4.69, 9.17) is 5.73 Å². The number of fused-ring (bicyclic) bond motifs is 3. The summed E-state index contributed by atoms with van der Waals surface area (Å²) in [5, 5.41) is 0. The first-order valence-corrected chi connectivity index (χ1v) is 9.04. The lowest BCUT2D eigenvalue weighted by Crippen LogP contribution is -2.57.